The van der Waals surface area contributed by atoms with Crippen LogP contribution in [0.1, 0.15) is 11.6 Å². The number of nitrogens with zero attached hydrogens (tertiary/aromatic N) is 2. The summed E-state index contributed by atoms with van der Waals surface area (Å²) in [5, 5.41) is 19.7. The van der Waals surface area contributed by atoms with E-state index in [0.29, 0.717) is 34.0 Å². The number of phenolic OH excluding ortho intramolecular Hbond substituents is 1. The molecule has 0 saturated carbocycles. The minimum absolute atomic E-state index is 0.0104. The second-order valence-electron chi connectivity index (χ2n) is 6.48. The summed E-state index contributed by atoms with van der Waals surface area (Å²) >= 11 is -0.311. The number of anilines is 1. The van der Waals surface area contributed by atoms with E-state index in [-0.39, 0.29) is 38.6 Å². The first-order valence-electron chi connectivity index (χ1n) is 9.01. The van der Waals surface area contributed by atoms with Gasteiger partial charge < -0.3 is 0 Å². The summed E-state index contributed by atoms with van der Waals surface area (Å²) in [5.74, 6) is 1.18. The van der Waals surface area contributed by atoms with Crippen LogP contribution >= 0.6 is 0 Å². The molecule has 0 radical (unpaired) electrons. The van der Waals surface area contributed by atoms with Crippen molar-refractivity contribution in [3.8, 4) is 33.7 Å². The molecule has 9 heteroatoms. The van der Waals surface area contributed by atoms with Gasteiger partial charge >= 0.3 is 181 Å². The van der Waals surface area contributed by atoms with Crippen LogP contribution in [0.5, 0.6) is 28.7 Å². The molecule has 1 saturated heterocycles. The normalized spacial score (nSPS) is 17.7. The van der Waals surface area contributed by atoms with Gasteiger partial charge in [0.15, 0.2) is 0 Å². The van der Waals surface area contributed by atoms with E-state index >= 15 is 0 Å². The van der Waals surface area contributed by atoms with Gasteiger partial charge in [-0.15, -0.1) is 0 Å². The van der Waals surface area contributed by atoms with Crippen LogP contribution in [0.3, 0.4) is 0 Å². The molecule has 158 valence electrons. The van der Waals surface area contributed by atoms with Crippen molar-refractivity contribution in [3.05, 3.63) is 35.9 Å². The first-order chi connectivity index (χ1) is 14.5. The Morgan fingerprint density at radius 1 is 1.03 bits per heavy atom. The number of benzene rings is 2. The molecule has 1 heterocycles. The number of β-lactam (4-membered cyclic amide) rings is 1. The molecule has 30 heavy (non-hydrogen) atoms. The van der Waals surface area contributed by atoms with Crippen molar-refractivity contribution in [1.29, 1.82) is 5.26 Å². The topological polar surface area (TPSA) is 101 Å². The molecule has 0 aromatic heterocycles. The molecule has 1 N–H and O–H groups in total. The molecule has 2 aromatic carbocycles. The Labute approximate surface area is 181 Å². The second kappa shape index (κ2) is 9.16. The van der Waals surface area contributed by atoms with Crippen molar-refractivity contribution in [3.63, 3.8) is 0 Å². The summed E-state index contributed by atoms with van der Waals surface area (Å²) < 4.78 is 21.3. The molecule has 0 unspecified atom stereocenters. The molecular formula is C21H22N2O6Se. The fourth-order valence-electron chi connectivity index (χ4n) is 3.60. The first-order valence-corrected chi connectivity index (χ1v) is 11.1. The molecule has 8 nitrogen and oxygen atoms in total. The van der Waals surface area contributed by atoms with Crippen molar-refractivity contribution in [2.24, 2.45) is 5.92 Å². The third-order valence-corrected chi connectivity index (χ3v) is 6.39. The number of rotatable bonds is 8. The molecule has 0 spiro atoms. The number of amides is 1. The molecular weight excluding hydrogens is 455 g/mol. The van der Waals surface area contributed by atoms with E-state index < -0.39 is 0 Å². The fraction of sp³-hybridized carbons (Fsp3) is 0.333. The molecule has 1 aliphatic heterocycles. The zero-order valence-corrected chi connectivity index (χ0v) is 18.8. The van der Waals surface area contributed by atoms with Gasteiger partial charge in [-0.2, -0.15) is 0 Å². The van der Waals surface area contributed by atoms with E-state index in [1.165, 1.54) is 28.4 Å². The van der Waals surface area contributed by atoms with Crippen molar-refractivity contribution in [2.75, 3.05) is 33.3 Å². The predicted molar refractivity (Wildman–Crippen MR) is 111 cm³/mol. The number of methoxy groups -OCH3 is 4. The number of ether oxygens (including phenoxy) is 4. The van der Waals surface area contributed by atoms with Gasteiger partial charge in [-0.3, -0.25) is 0 Å². The zero-order valence-electron chi connectivity index (χ0n) is 17.0. The predicted octanol–water partition coefficient (Wildman–Crippen LogP) is 2.73. The Morgan fingerprint density at radius 2 is 1.67 bits per heavy atom. The first kappa shape index (κ1) is 21.6. The van der Waals surface area contributed by atoms with Crippen molar-refractivity contribution in [2.45, 2.75) is 11.4 Å². The maximum atomic E-state index is 13.0. The van der Waals surface area contributed by atoms with E-state index in [0.717, 1.165) is 5.56 Å². The SMILES string of the molecule is COc1ccc([C@H]2[C@H](C[Se]C#N)C(=O)N2c2cc(OC)c(OC)c(OC)c2)cc1O. The maximum absolute atomic E-state index is 13.0. The quantitative estimate of drug-likeness (QED) is 0.461. The molecule has 0 aliphatic carbocycles. The summed E-state index contributed by atoms with van der Waals surface area (Å²) in [6.45, 7) is 0. The van der Waals surface area contributed by atoms with E-state index in [4.69, 9.17) is 24.2 Å². The van der Waals surface area contributed by atoms with E-state index in [2.05, 4.69) is 4.97 Å². The molecule has 1 fully saturated rings. The molecule has 1 aliphatic rings. The molecule has 2 atom stereocenters. The van der Waals surface area contributed by atoms with E-state index in [1.807, 2.05) is 6.07 Å². The van der Waals surface area contributed by atoms with Crippen LogP contribution in [0.25, 0.3) is 0 Å². The van der Waals surface area contributed by atoms with E-state index in [1.54, 1.807) is 29.2 Å². The van der Waals surface area contributed by atoms with Crippen LogP contribution in [0.15, 0.2) is 30.3 Å². The van der Waals surface area contributed by atoms with Crippen LogP contribution in [0.4, 0.5) is 5.69 Å². The summed E-state index contributed by atoms with van der Waals surface area (Å²) in [6.07, 6.45) is 0. The number of carbonyl (C=O) groups is 1. The van der Waals surface area contributed by atoms with Crippen molar-refractivity contribution in [1.82, 2.24) is 0 Å². The number of hydrogen-bond acceptors (Lipinski definition) is 7. The number of phenols is 1. The minimum atomic E-state index is -0.350. The van der Waals surface area contributed by atoms with Crippen LogP contribution in [-0.2, 0) is 4.79 Å². The number of nitriles is 1. The second-order valence-corrected chi connectivity index (χ2v) is 8.16. The molecule has 0 bridgehead atoms. The summed E-state index contributed by atoms with van der Waals surface area (Å²) in [6, 6.07) is 8.14. The van der Waals surface area contributed by atoms with Gasteiger partial charge in [-0.25, -0.2) is 0 Å². The Balaban J connectivity index is 2.07. The average Bonchev–Trinajstić information content (AvgIpc) is 2.76. The van der Waals surface area contributed by atoms with Gasteiger partial charge in [0.2, 0.25) is 0 Å². The van der Waals surface area contributed by atoms with Gasteiger partial charge in [0.1, 0.15) is 0 Å². The Morgan fingerprint density at radius 3 is 2.17 bits per heavy atom. The van der Waals surface area contributed by atoms with Gasteiger partial charge in [-0.05, 0) is 0 Å². The van der Waals surface area contributed by atoms with E-state index in [9.17, 15) is 9.90 Å². The third-order valence-electron chi connectivity index (χ3n) is 5.01. The Hall–Kier alpha value is -3.08. The average molecular weight is 477 g/mol. The summed E-state index contributed by atoms with van der Waals surface area (Å²) in [5.41, 5.74) is 1.33. The van der Waals surface area contributed by atoms with Gasteiger partial charge in [0.25, 0.3) is 0 Å². The van der Waals surface area contributed by atoms with Gasteiger partial charge in [-0.1, -0.05) is 0 Å². The van der Waals surface area contributed by atoms with Gasteiger partial charge in [0.05, 0.1) is 0 Å². The molecule has 1 amide bonds. The zero-order chi connectivity index (χ0) is 21.8. The fourth-order valence-corrected chi connectivity index (χ4v) is 4.82. The number of carbonyl (C=O) groups excluding carboxylic acids is 1. The monoisotopic (exact) mass is 478 g/mol. The number of hydrogen-bond donors (Lipinski definition) is 1. The summed E-state index contributed by atoms with van der Waals surface area (Å²) in [4.78, 5) is 16.8. The van der Waals surface area contributed by atoms with Crippen molar-refractivity contribution < 1.29 is 28.8 Å². The molecule has 3 rings (SSSR count). The van der Waals surface area contributed by atoms with Crippen molar-refractivity contribution >= 4 is 26.6 Å². The van der Waals surface area contributed by atoms with Crippen LogP contribution < -0.4 is 23.8 Å². The number of aromatic hydroxyl groups is 1. The van der Waals surface area contributed by atoms with Crippen LogP contribution in [-0.4, -0.2) is 54.4 Å². The van der Waals surface area contributed by atoms with Crippen LogP contribution in [0, 0.1) is 16.1 Å². The Kier molecular flexibility index (Phi) is 6.60. The standard InChI is InChI=1S/C21H22N2O6Se/c1-26-16-6-5-12(7-15(16)24)19-14(10-30-11-22)21(25)23(19)13-8-17(27-2)20(29-4)18(9-13)28-3/h5-9,14,19,24H,10H2,1-4H3/t14-,19-/m0/s1. The summed E-state index contributed by atoms with van der Waals surface area (Å²) in [7, 11) is 6.01. The Bertz CT molecular complexity index is 965. The van der Waals surface area contributed by atoms with Crippen LogP contribution in [0.2, 0.25) is 5.32 Å². The molecule has 2 aromatic rings. The third kappa shape index (κ3) is 3.72. The van der Waals surface area contributed by atoms with Gasteiger partial charge in [0, 0.05) is 0 Å².